The predicted molar refractivity (Wildman–Crippen MR) is 223 cm³/mol. The van der Waals surface area contributed by atoms with Crippen molar-refractivity contribution < 1.29 is 41.9 Å². The van der Waals surface area contributed by atoms with Crippen LogP contribution in [0, 0.1) is 5.92 Å². The summed E-state index contributed by atoms with van der Waals surface area (Å²) in [4.78, 5) is 86.6. The fraction of sp³-hybridized carbons (Fsp3) is 0.488. The zero-order chi connectivity index (χ0) is 43.4. The van der Waals surface area contributed by atoms with Crippen LogP contribution in [-0.4, -0.2) is 115 Å². The average Bonchev–Trinajstić information content (AvgIpc) is 3.95. The summed E-state index contributed by atoms with van der Waals surface area (Å²) >= 11 is 0. The Morgan fingerprint density at radius 1 is 0.921 bits per heavy atom. The first kappa shape index (κ1) is 43.6. The van der Waals surface area contributed by atoms with Gasteiger partial charge >= 0.3 is 0 Å². The molecule has 1 aliphatic carbocycles. The monoisotopic (exact) mass is 894 g/mol. The van der Waals surface area contributed by atoms with Crippen molar-refractivity contribution in [3.63, 3.8) is 0 Å². The van der Waals surface area contributed by atoms with Gasteiger partial charge in [-0.2, -0.15) is 10.2 Å². The van der Waals surface area contributed by atoms with Gasteiger partial charge in [0.1, 0.15) is 23.6 Å². The molecule has 22 heteroatoms. The molecule has 0 radical (unpaired) electrons. The normalized spacial score (nSPS) is 24.4. The number of rotatable bonds is 9. The highest BCUT2D eigenvalue weighted by Crippen LogP contribution is 2.35. The van der Waals surface area contributed by atoms with Crippen molar-refractivity contribution in [3.8, 4) is 0 Å². The number of nitrogens with two attached hydrogens (primary N) is 1. The maximum absolute atomic E-state index is 14.3. The van der Waals surface area contributed by atoms with Crippen LogP contribution >= 0.6 is 12.4 Å². The standard InChI is InChI=1S/C41H45F3N12O6.ClH/c42-22-15-23(45)19-53(18-22)32-11-14-54-36(49-32)29(17-46-54)38(59)48-30-20-55(51-34(30)35(43)44)25-3-1-24(2-4-25)47-37(58)21-9-12-52(13-10-21)26-5-6-27-28(16-26)41(62)56(40(27)61)31-7-8-33(57)50-39(31)60;/h5-6,11,14,16-17,20-25,31,35H,1-4,7-10,12-13,15,18-19,45H2,(H,47,58)(H,48,59)(H,50,57,60);1H/t22-,23-,24?,25?,31?;/m1./s1. The van der Waals surface area contributed by atoms with Gasteiger partial charge in [0, 0.05) is 62.1 Å². The average molecular weight is 895 g/mol. The molecule has 334 valence electrons. The zero-order valence-electron chi connectivity index (χ0n) is 33.9. The lowest BCUT2D eigenvalue weighted by molar-refractivity contribution is -0.136. The third-order valence-electron chi connectivity index (χ3n) is 12.6. The number of piperidine rings is 3. The van der Waals surface area contributed by atoms with E-state index in [1.165, 1.54) is 21.6 Å². The SMILES string of the molecule is Cl.N[C@@H]1C[C@@H](F)CN(c2ccn3ncc(C(=O)Nc4cn(C5CCC(NC(=O)C6CCN(c7ccc8c(c7)C(=O)N(C7CCC(=O)NC7=O)C8=O)CC6)CC5)nc4C(F)F)c3n2)C1. The first-order valence-corrected chi connectivity index (χ1v) is 20.9. The van der Waals surface area contributed by atoms with E-state index in [9.17, 15) is 41.9 Å². The Morgan fingerprint density at radius 2 is 1.67 bits per heavy atom. The van der Waals surface area contributed by atoms with E-state index in [4.69, 9.17) is 5.73 Å². The van der Waals surface area contributed by atoms with Crippen LogP contribution in [0.2, 0.25) is 0 Å². The molecule has 4 aromatic rings. The first-order chi connectivity index (χ1) is 29.8. The van der Waals surface area contributed by atoms with Gasteiger partial charge in [0.25, 0.3) is 24.1 Å². The Labute approximate surface area is 364 Å². The number of aromatic nitrogens is 5. The van der Waals surface area contributed by atoms with Crippen molar-refractivity contribution in [1.82, 2.24) is 39.9 Å². The van der Waals surface area contributed by atoms with Gasteiger partial charge in [-0.1, -0.05) is 0 Å². The van der Waals surface area contributed by atoms with Crippen LogP contribution in [0.4, 0.5) is 30.4 Å². The highest BCUT2D eigenvalue weighted by atomic mass is 35.5. The summed E-state index contributed by atoms with van der Waals surface area (Å²) in [5.74, 6) is -2.85. The Bertz CT molecular complexity index is 2460. The molecule has 4 aliphatic heterocycles. The zero-order valence-corrected chi connectivity index (χ0v) is 34.7. The fourth-order valence-corrected chi connectivity index (χ4v) is 9.36. The van der Waals surface area contributed by atoms with Gasteiger partial charge in [-0.25, -0.2) is 22.7 Å². The molecule has 0 bridgehead atoms. The minimum Gasteiger partial charge on any atom is -0.371 e. The Hall–Kier alpha value is -6.09. The minimum atomic E-state index is -2.97. The molecule has 4 fully saturated rings. The van der Waals surface area contributed by atoms with Crippen LogP contribution in [0.5, 0.6) is 0 Å². The first-order valence-electron chi connectivity index (χ1n) is 20.9. The topological polar surface area (TPSA) is 222 Å². The van der Waals surface area contributed by atoms with E-state index in [0.717, 1.165) is 10.6 Å². The number of fused-ring (bicyclic) bond motifs is 2. The summed E-state index contributed by atoms with van der Waals surface area (Å²) < 4.78 is 45.6. The molecule has 3 atom stereocenters. The van der Waals surface area contributed by atoms with E-state index in [2.05, 4.69) is 36.0 Å². The summed E-state index contributed by atoms with van der Waals surface area (Å²) in [5.41, 5.74) is 6.63. The third kappa shape index (κ3) is 8.54. The third-order valence-corrected chi connectivity index (χ3v) is 12.6. The summed E-state index contributed by atoms with van der Waals surface area (Å²) in [7, 11) is 0. The molecule has 9 rings (SSSR count). The molecule has 5 aliphatic rings. The van der Waals surface area contributed by atoms with Gasteiger partial charge in [0.15, 0.2) is 11.3 Å². The lowest BCUT2D eigenvalue weighted by Crippen LogP contribution is -2.54. The van der Waals surface area contributed by atoms with E-state index < -0.39 is 53.9 Å². The molecule has 63 heavy (non-hydrogen) atoms. The summed E-state index contributed by atoms with van der Waals surface area (Å²) in [6, 6.07) is 4.85. The van der Waals surface area contributed by atoms with E-state index in [1.807, 2.05) is 0 Å². The molecular weight excluding hydrogens is 849 g/mol. The van der Waals surface area contributed by atoms with Crippen molar-refractivity contribution >= 4 is 70.7 Å². The number of carbonyl (C=O) groups is 6. The summed E-state index contributed by atoms with van der Waals surface area (Å²) in [6.07, 6.45) is 3.96. The maximum atomic E-state index is 14.3. The number of hydrogen-bond donors (Lipinski definition) is 4. The lowest BCUT2D eigenvalue weighted by atomic mass is 9.89. The van der Waals surface area contributed by atoms with Crippen molar-refractivity contribution in [2.45, 2.75) is 94.6 Å². The molecule has 3 saturated heterocycles. The maximum Gasteiger partial charge on any atom is 0.284 e. The van der Waals surface area contributed by atoms with Crippen LogP contribution in [-0.2, 0) is 14.4 Å². The molecule has 1 aromatic carbocycles. The predicted octanol–water partition coefficient (Wildman–Crippen LogP) is 3.33. The molecule has 0 spiro atoms. The molecule has 18 nitrogen and oxygen atoms in total. The number of alkyl halides is 3. The molecule has 7 heterocycles. The van der Waals surface area contributed by atoms with Gasteiger partial charge in [-0.3, -0.25) is 43.7 Å². The molecule has 6 amide bonds. The largest absolute Gasteiger partial charge is 0.371 e. The highest BCUT2D eigenvalue weighted by molar-refractivity contribution is 6.23. The van der Waals surface area contributed by atoms with Crippen LogP contribution in [0.3, 0.4) is 0 Å². The molecular formula is C41H46ClF3N12O6. The minimum absolute atomic E-state index is 0. The molecule has 1 saturated carbocycles. The van der Waals surface area contributed by atoms with Crippen molar-refractivity contribution in [1.29, 1.82) is 0 Å². The van der Waals surface area contributed by atoms with E-state index in [1.54, 1.807) is 35.4 Å². The highest BCUT2D eigenvalue weighted by Gasteiger charge is 2.45. The smallest absolute Gasteiger partial charge is 0.284 e. The van der Waals surface area contributed by atoms with E-state index >= 15 is 0 Å². The molecule has 3 aromatic heterocycles. The second-order valence-electron chi connectivity index (χ2n) is 16.7. The molecule has 5 N–H and O–H groups in total. The van der Waals surface area contributed by atoms with Crippen molar-refractivity contribution in [2.75, 3.05) is 41.3 Å². The second kappa shape index (κ2) is 17.6. The van der Waals surface area contributed by atoms with Gasteiger partial charge in [-0.15, -0.1) is 12.4 Å². The van der Waals surface area contributed by atoms with Crippen LogP contribution in [0.15, 0.2) is 42.9 Å². The summed E-state index contributed by atoms with van der Waals surface area (Å²) in [6.45, 7) is 1.57. The van der Waals surface area contributed by atoms with Crippen LogP contribution < -0.4 is 31.5 Å². The number of nitrogens with zero attached hydrogens (tertiary/aromatic N) is 8. The van der Waals surface area contributed by atoms with Gasteiger partial charge in [0.05, 0.1) is 35.6 Å². The van der Waals surface area contributed by atoms with Crippen LogP contribution in [0.25, 0.3) is 5.65 Å². The number of nitrogens with one attached hydrogen (secondary N) is 3. The van der Waals surface area contributed by atoms with Crippen molar-refractivity contribution in [2.24, 2.45) is 11.7 Å². The Kier molecular flexibility index (Phi) is 12.2. The number of imide groups is 2. The van der Waals surface area contributed by atoms with E-state index in [-0.39, 0.29) is 96.2 Å². The number of benzene rings is 1. The van der Waals surface area contributed by atoms with Gasteiger partial charge < -0.3 is 26.2 Å². The lowest BCUT2D eigenvalue weighted by Gasteiger charge is -2.35. The van der Waals surface area contributed by atoms with Gasteiger partial charge in [0.2, 0.25) is 17.7 Å². The van der Waals surface area contributed by atoms with Gasteiger partial charge in [-0.05, 0) is 75.6 Å². The number of hydrogen-bond acceptors (Lipinski definition) is 12. The molecule has 1 unspecified atom stereocenters. The Balaban J connectivity index is 0.00000544. The van der Waals surface area contributed by atoms with E-state index in [0.29, 0.717) is 64.0 Å². The number of halogens is 4. The second-order valence-corrected chi connectivity index (χ2v) is 16.7. The summed E-state index contributed by atoms with van der Waals surface area (Å²) in [5, 5.41) is 16.3. The van der Waals surface area contributed by atoms with Crippen molar-refractivity contribution in [3.05, 3.63) is 65.2 Å². The number of anilines is 3. The Morgan fingerprint density at radius 3 is 2.38 bits per heavy atom. The fourth-order valence-electron chi connectivity index (χ4n) is 9.36. The van der Waals surface area contributed by atoms with Crippen LogP contribution in [0.1, 0.15) is 107 Å². The number of amides is 6. The number of carbonyl (C=O) groups excluding carboxylic acids is 6. The quantitative estimate of drug-likeness (QED) is 0.178.